The molecule has 2 amide bonds. The maximum absolute atomic E-state index is 12.6. The van der Waals surface area contributed by atoms with Gasteiger partial charge in [-0.1, -0.05) is 36.4 Å². The van der Waals surface area contributed by atoms with Gasteiger partial charge in [-0.3, -0.25) is 9.59 Å². The first kappa shape index (κ1) is 20.3. The number of piperazine rings is 1. The molecule has 9 heteroatoms. The second kappa shape index (κ2) is 9.21. The molecule has 1 fully saturated rings. The lowest BCUT2D eigenvalue weighted by molar-refractivity contribution is -0.130. The van der Waals surface area contributed by atoms with Crippen LogP contribution in [0, 0.1) is 0 Å². The molecule has 2 aromatic heterocycles. The van der Waals surface area contributed by atoms with E-state index in [1.165, 1.54) is 0 Å². The molecule has 0 atom stereocenters. The quantitative estimate of drug-likeness (QED) is 0.647. The highest BCUT2D eigenvalue weighted by Crippen LogP contribution is 2.18. The SMILES string of the molecule is Nc1ncc(N2CCN(C(=O)Cc3ccccc3)CC2)nc1C(=O)Nc1ccccn1. The number of carbonyl (C=O) groups is 2. The number of nitrogens with zero attached hydrogens (tertiary/aromatic N) is 5. The van der Waals surface area contributed by atoms with Gasteiger partial charge in [-0.15, -0.1) is 0 Å². The predicted molar refractivity (Wildman–Crippen MR) is 118 cm³/mol. The van der Waals surface area contributed by atoms with Crippen LogP contribution >= 0.6 is 0 Å². The molecule has 0 aliphatic carbocycles. The number of carbonyl (C=O) groups excluding carboxylic acids is 2. The van der Waals surface area contributed by atoms with Crippen molar-refractivity contribution in [1.29, 1.82) is 0 Å². The van der Waals surface area contributed by atoms with Gasteiger partial charge in [-0.2, -0.15) is 0 Å². The number of nitrogen functional groups attached to an aromatic ring is 1. The first-order valence-electron chi connectivity index (χ1n) is 10.0. The minimum absolute atomic E-state index is 0.0470. The van der Waals surface area contributed by atoms with Crippen LogP contribution in [0.4, 0.5) is 17.5 Å². The predicted octanol–water partition coefficient (Wildman–Crippen LogP) is 1.60. The molecule has 1 aliphatic heterocycles. The lowest BCUT2D eigenvalue weighted by Gasteiger charge is -2.35. The van der Waals surface area contributed by atoms with Crippen LogP contribution in [0.15, 0.2) is 60.9 Å². The van der Waals surface area contributed by atoms with Crippen molar-refractivity contribution in [2.24, 2.45) is 0 Å². The van der Waals surface area contributed by atoms with Crippen molar-refractivity contribution >= 4 is 29.3 Å². The van der Waals surface area contributed by atoms with Gasteiger partial charge in [0.25, 0.3) is 5.91 Å². The van der Waals surface area contributed by atoms with E-state index in [0.717, 1.165) is 5.56 Å². The second-order valence-electron chi connectivity index (χ2n) is 7.16. The number of aromatic nitrogens is 3. The molecule has 9 nitrogen and oxygen atoms in total. The Morgan fingerprint density at radius 1 is 0.968 bits per heavy atom. The molecular weight excluding hydrogens is 394 g/mol. The fourth-order valence-electron chi connectivity index (χ4n) is 3.39. The number of hydrogen-bond donors (Lipinski definition) is 2. The second-order valence-corrected chi connectivity index (χ2v) is 7.16. The number of nitrogens with two attached hydrogens (primary N) is 1. The topological polar surface area (TPSA) is 117 Å². The third-order valence-corrected chi connectivity index (χ3v) is 5.06. The van der Waals surface area contributed by atoms with E-state index in [9.17, 15) is 9.59 Å². The van der Waals surface area contributed by atoms with E-state index in [1.807, 2.05) is 40.1 Å². The highest BCUT2D eigenvalue weighted by Gasteiger charge is 2.24. The molecule has 0 bridgehead atoms. The number of anilines is 3. The van der Waals surface area contributed by atoms with Gasteiger partial charge in [0.05, 0.1) is 12.6 Å². The van der Waals surface area contributed by atoms with Crippen molar-refractivity contribution in [3.63, 3.8) is 0 Å². The van der Waals surface area contributed by atoms with E-state index < -0.39 is 5.91 Å². The summed E-state index contributed by atoms with van der Waals surface area (Å²) in [6.07, 6.45) is 3.52. The highest BCUT2D eigenvalue weighted by molar-refractivity contribution is 6.05. The summed E-state index contributed by atoms with van der Waals surface area (Å²) < 4.78 is 0. The summed E-state index contributed by atoms with van der Waals surface area (Å²) in [5.74, 6) is 0.640. The summed E-state index contributed by atoms with van der Waals surface area (Å²) in [5, 5.41) is 2.67. The third kappa shape index (κ3) is 4.95. The van der Waals surface area contributed by atoms with E-state index in [-0.39, 0.29) is 17.4 Å². The Morgan fingerprint density at radius 2 is 1.71 bits per heavy atom. The fourth-order valence-corrected chi connectivity index (χ4v) is 3.39. The number of hydrogen-bond acceptors (Lipinski definition) is 7. The Bertz CT molecular complexity index is 1050. The van der Waals surface area contributed by atoms with E-state index in [0.29, 0.717) is 44.2 Å². The highest BCUT2D eigenvalue weighted by atomic mass is 16.2. The molecule has 0 radical (unpaired) electrons. The summed E-state index contributed by atoms with van der Waals surface area (Å²) in [6.45, 7) is 2.35. The number of rotatable bonds is 5. The van der Waals surface area contributed by atoms with Crippen molar-refractivity contribution in [1.82, 2.24) is 19.9 Å². The Morgan fingerprint density at radius 3 is 2.42 bits per heavy atom. The zero-order valence-corrected chi connectivity index (χ0v) is 16.9. The lowest BCUT2D eigenvalue weighted by Crippen LogP contribution is -2.49. The minimum Gasteiger partial charge on any atom is -0.382 e. The lowest BCUT2D eigenvalue weighted by atomic mass is 10.1. The van der Waals surface area contributed by atoms with Gasteiger partial charge < -0.3 is 20.9 Å². The van der Waals surface area contributed by atoms with Crippen LogP contribution in [-0.2, 0) is 11.2 Å². The Labute approximate surface area is 179 Å². The van der Waals surface area contributed by atoms with Crippen LogP contribution in [0.3, 0.4) is 0 Å². The first-order chi connectivity index (χ1) is 15.1. The molecule has 3 heterocycles. The fraction of sp³-hybridized carbons (Fsp3) is 0.227. The van der Waals surface area contributed by atoms with Crippen LogP contribution < -0.4 is 16.0 Å². The molecule has 4 rings (SSSR count). The van der Waals surface area contributed by atoms with Crippen molar-refractivity contribution in [2.45, 2.75) is 6.42 Å². The van der Waals surface area contributed by atoms with E-state index in [2.05, 4.69) is 20.3 Å². The van der Waals surface area contributed by atoms with Crippen molar-refractivity contribution in [2.75, 3.05) is 42.1 Å². The summed E-state index contributed by atoms with van der Waals surface area (Å²) in [5.41, 5.74) is 6.93. The number of pyridine rings is 1. The molecule has 0 unspecified atom stereocenters. The summed E-state index contributed by atoms with van der Waals surface area (Å²) in [7, 11) is 0. The summed E-state index contributed by atoms with van der Waals surface area (Å²) in [6, 6.07) is 14.9. The zero-order valence-electron chi connectivity index (χ0n) is 16.9. The normalized spacial score (nSPS) is 13.7. The van der Waals surface area contributed by atoms with Gasteiger partial charge in [-0.25, -0.2) is 15.0 Å². The van der Waals surface area contributed by atoms with E-state index >= 15 is 0 Å². The largest absolute Gasteiger partial charge is 0.382 e. The molecule has 1 saturated heterocycles. The molecule has 3 aromatic rings. The number of amides is 2. The minimum atomic E-state index is -0.470. The maximum Gasteiger partial charge on any atom is 0.279 e. The number of benzene rings is 1. The first-order valence-corrected chi connectivity index (χ1v) is 10.0. The van der Waals surface area contributed by atoms with Crippen LogP contribution in [0.2, 0.25) is 0 Å². The van der Waals surface area contributed by atoms with Gasteiger partial charge in [0.2, 0.25) is 5.91 Å². The Balaban J connectivity index is 1.39. The molecular formula is C22H23N7O2. The van der Waals surface area contributed by atoms with Gasteiger partial charge in [0.15, 0.2) is 11.5 Å². The average Bonchev–Trinajstić information content (AvgIpc) is 2.81. The zero-order chi connectivity index (χ0) is 21.6. The Kier molecular flexibility index (Phi) is 6.02. The Hall–Kier alpha value is -4.01. The van der Waals surface area contributed by atoms with Crippen molar-refractivity contribution in [3.8, 4) is 0 Å². The van der Waals surface area contributed by atoms with Gasteiger partial charge in [0, 0.05) is 32.4 Å². The van der Waals surface area contributed by atoms with Crippen LogP contribution in [0.25, 0.3) is 0 Å². The molecule has 3 N–H and O–H groups in total. The standard InChI is InChI=1S/C22H23N7O2/c23-21-20(22(31)26-17-8-4-5-9-24-17)27-18(15-25-21)28-10-12-29(13-11-28)19(30)14-16-6-2-1-3-7-16/h1-9,15H,10-14H2,(H2,23,25)(H,24,26,31). The van der Waals surface area contributed by atoms with Crippen LogP contribution in [0.5, 0.6) is 0 Å². The summed E-state index contributed by atoms with van der Waals surface area (Å²) in [4.78, 5) is 41.6. The molecule has 0 saturated carbocycles. The van der Waals surface area contributed by atoms with Crippen LogP contribution in [0.1, 0.15) is 16.1 Å². The average molecular weight is 417 g/mol. The van der Waals surface area contributed by atoms with Crippen molar-refractivity contribution in [3.05, 3.63) is 72.2 Å². The molecule has 31 heavy (non-hydrogen) atoms. The van der Waals surface area contributed by atoms with Gasteiger partial charge in [0.1, 0.15) is 11.6 Å². The van der Waals surface area contributed by atoms with E-state index in [1.54, 1.807) is 30.6 Å². The van der Waals surface area contributed by atoms with Gasteiger partial charge >= 0.3 is 0 Å². The molecule has 158 valence electrons. The monoisotopic (exact) mass is 417 g/mol. The molecule has 1 aliphatic rings. The van der Waals surface area contributed by atoms with Gasteiger partial charge in [-0.05, 0) is 17.7 Å². The van der Waals surface area contributed by atoms with Crippen molar-refractivity contribution < 1.29 is 9.59 Å². The summed E-state index contributed by atoms with van der Waals surface area (Å²) >= 11 is 0. The maximum atomic E-state index is 12.6. The van der Waals surface area contributed by atoms with E-state index in [4.69, 9.17) is 5.73 Å². The smallest absolute Gasteiger partial charge is 0.279 e. The molecule has 0 spiro atoms. The third-order valence-electron chi connectivity index (χ3n) is 5.06. The molecule has 1 aromatic carbocycles. The number of nitrogens with one attached hydrogen (secondary N) is 1. The van der Waals surface area contributed by atoms with Crippen LogP contribution in [-0.4, -0.2) is 57.8 Å².